The van der Waals surface area contributed by atoms with E-state index in [9.17, 15) is 14.0 Å². The number of carbonyl (C=O) groups is 2. The summed E-state index contributed by atoms with van der Waals surface area (Å²) in [6.45, 7) is 1.50. The molecule has 2 aromatic carbocycles. The van der Waals surface area contributed by atoms with Gasteiger partial charge < -0.3 is 10.2 Å². The molecule has 4 rings (SSSR count). The molecule has 1 saturated heterocycles. The van der Waals surface area contributed by atoms with E-state index < -0.39 is 5.82 Å². The van der Waals surface area contributed by atoms with Gasteiger partial charge in [-0.2, -0.15) is 5.10 Å². The average molecular weight is 406 g/mol. The number of likely N-dealkylation sites (tertiary alicyclic amines) is 1. The SMILES string of the molecule is O=C(NCc1ccccc1)C1CCN(C(=O)c2ccn(-c3ccccc3F)n2)CC1. The minimum atomic E-state index is -0.401. The number of aromatic nitrogens is 2. The molecule has 1 aliphatic heterocycles. The highest BCUT2D eigenvalue weighted by Crippen LogP contribution is 2.20. The highest BCUT2D eigenvalue weighted by molar-refractivity contribution is 5.92. The van der Waals surface area contributed by atoms with E-state index in [4.69, 9.17) is 0 Å². The fraction of sp³-hybridized carbons (Fsp3) is 0.261. The van der Waals surface area contributed by atoms with Crippen molar-refractivity contribution in [1.29, 1.82) is 0 Å². The van der Waals surface area contributed by atoms with Gasteiger partial charge in [0, 0.05) is 31.7 Å². The Kier molecular flexibility index (Phi) is 5.88. The van der Waals surface area contributed by atoms with Crippen LogP contribution in [0.25, 0.3) is 5.69 Å². The monoisotopic (exact) mass is 406 g/mol. The lowest BCUT2D eigenvalue weighted by Gasteiger charge is -2.30. The van der Waals surface area contributed by atoms with E-state index in [0.717, 1.165) is 5.56 Å². The molecule has 0 unspecified atom stereocenters. The van der Waals surface area contributed by atoms with Crippen LogP contribution in [0.2, 0.25) is 0 Å². The van der Waals surface area contributed by atoms with E-state index >= 15 is 0 Å². The lowest BCUT2D eigenvalue weighted by atomic mass is 9.95. The minimum absolute atomic E-state index is 0.0229. The van der Waals surface area contributed by atoms with E-state index in [1.54, 1.807) is 35.4 Å². The first-order valence-corrected chi connectivity index (χ1v) is 10.0. The van der Waals surface area contributed by atoms with Gasteiger partial charge in [0.15, 0.2) is 5.69 Å². The molecule has 1 N–H and O–H groups in total. The molecule has 2 heterocycles. The molecular formula is C23H23FN4O2. The van der Waals surface area contributed by atoms with Gasteiger partial charge in [0.1, 0.15) is 11.5 Å². The Balaban J connectivity index is 1.31. The molecule has 3 aromatic rings. The second-order valence-corrected chi connectivity index (χ2v) is 7.37. The zero-order chi connectivity index (χ0) is 20.9. The molecule has 0 radical (unpaired) electrons. The Morgan fingerprint density at radius 1 is 1.00 bits per heavy atom. The number of hydrogen-bond acceptors (Lipinski definition) is 3. The number of halogens is 1. The summed E-state index contributed by atoms with van der Waals surface area (Å²) in [6, 6.07) is 17.7. The first-order valence-electron chi connectivity index (χ1n) is 10.0. The zero-order valence-electron chi connectivity index (χ0n) is 16.5. The maximum atomic E-state index is 13.9. The number of nitrogens with one attached hydrogen (secondary N) is 1. The van der Waals surface area contributed by atoms with E-state index in [1.807, 2.05) is 30.3 Å². The normalized spacial score (nSPS) is 14.5. The Morgan fingerprint density at radius 2 is 1.70 bits per heavy atom. The minimum Gasteiger partial charge on any atom is -0.352 e. The van der Waals surface area contributed by atoms with Gasteiger partial charge in [0.05, 0.1) is 0 Å². The number of carbonyl (C=O) groups excluding carboxylic acids is 2. The summed E-state index contributed by atoms with van der Waals surface area (Å²) in [4.78, 5) is 26.9. The Bertz CT molecular complexity index is 1030. The molecule has 1 aromatic heterocycles. The first kappa shape index (κ1) is 19.8. The summed E-state index contributed by atoms with van der Waals surface area (Å²) in [5.41, 5.74) is 1.62. The van der Waals surface area contributed by atoms with E-state index in [-0.39, 0.29) is 23.4 Å². The van der Waals surface area contributed by atoms with Gasteiger partial charge >= 0.3 is 0 Å². The maximum Gasteiger partial charge on any atom is 0.274 e. The van der Waals surface area contributed by atoms with Crippen molar-refractivity contribution < 1.29 is 14.0 Å². The van der Waals surface area contributed by atoms with Crippen molar-refractivity contribution in [2.24, 2.45) is 5.92 Å². The molecule has 1 aliphatic rings. The van der Waals surface area contributed by atoms with Crippen molar-refractivity contribution in [3.8, 4) is 5.69 Å². The number of piperidine rings is 1. The van der Waals surface area contributed by atoms with Gasteiger partial charge in [-0.05, 0) is 36.6 Å². The third-order valence-electron chi connectivity index (χ3n) is 5.37. The molecule has 0 spiro atoms. The molecule has 154 valence electrons. The van der Waals surface area contributed by atoms with Gasteiger partial charge in [-0.15, -0.1) is 0 Å². The molecule has 1 fully saturated rings. The van der Waals surface area contributed by atoms with Crippen LogP contribution >= 0.6 is 0 Å². The first-order chi connectivity index (χ1) is 14.6. The Hall–Kier alpha value is -3.48. The van der Waals surface area contributed by atoms with Crippen molar-refractivity contribution in [3.05, 3.63) is 83.9 Å². The summed E-state index contributed by atoms with van der Waals surface area (Å²) in [7, 11) is 0. The third kappa shape index (κ3) is 4.40. The van der Waals surface area contributed by atoms with Crippen LogP contribution in [0.15, 0.2) is 66.9 Å². The highest BCUT2D eigenvalue weighted by atomic mass is 19.1. The smallest absolute Gasteiger partial charge is 0.274 e. The molecule has 0 aliphatic carbocycles. The number of nitrogens with zero attached hydrogens (tertiary/aromatic N) is 3. The van der Waals surface area contributed by atoms with Crippen LogP contribution in [0, 0.1) is 11.7 Å². The Morgan fingerprint density at radius 3 is 2.43 bits per heavy atom. The topological polar surface area (TPSA) is 67.2 Å². The van der Waals surface area contributed by atoms with Crippen LogP contribution < -0.4 is 5.32 Å². The van der Waals surface area contributed by atoms with Gasteiger partial charge in [-0.25, -0.2) is 9.07 Å². The van der Waals surface area contributed by atoms with Crippen LogP contribution in [-0.4, -0.2) is 39.6 Å². The molecule has 7 heteroatoms. The molecule has 6 nitrogen and oxygen atoms in total. The van der Waals surface area contributed by atoms with E-state index in [1.165, 1.54) is 10.7 Å². The second kappa shape index (κ2) is 8.90. The number of rotatable bonds is 5. The Labute approximate surface area is 174 Å². The number of benzene rings is 2. The highest BCUT2D eigenvalue weighted by Gasteiger charge is 2.28. The lowest BCUT2D eigenvalue weighted by Crippen LogP contribution is -2.43. The summed E-state index contributed by atoms with van der Waals surface area (Å²) < 4.78 is 15.3. The molecule has 30 heavy (non-hydrogen) atoms. The largest absolute Gasteiger partial charge is 0.352 e. The number of hydrogen-bond donors (Lipinski definition) is 1. The second-order valence-electron chi connectivity index (χ2n) is 7.37. The van der Waals surface area contributed by atoms with Crippen LogP contribution in [-0.2, 0) is 11.3 Å². The van der Waals surface area contributed by atoms with Crippen molar-refractivity contribution in [2.45, 2.75) is 19.4 Å². The lowest BCUT2D eigenvalue weighted by molar-refractivity contribution is -0.126. The van der Waals surface area contributed by atoms with Crippen molar-refractivity contribution in [3.63, 3.8) is 0 Å². The van der Waals surface area contributed by atoms with E-state index in [2.05, 4.69) is 10.4 Å². The molecular weight excluding hydrogens is 383 g/mol. The number of amides is 2. The van der Waals surface area contributed by atoms with Gasteiger partial charge in [0.25, 0.3) is 5.91 Å². The fourth-order valence-electron chi connectivity index (χ4n) is 3.65. The average Bonchev–Trinajstić information content (AvgIpc) is 3.28. The molecule has 0 atom stereocenters. The number of para-hydroxylation sites is 1. The fourth-order valence-corrected chi connectivity index (χ4v) is 3.65. The maximum absolute atomic E-state index is 13.9. The van der Waals surface area contributed by atoms with Gasteiger partial charge in [-0.3, -0.25) is 9.59 Å². The van der Waals surface area contributed by atoms with Crippen LogP contribution in [0.3, 0.4) is 0 Å². The third-order valence-corrected chi connectivity index (χ3v) is 5.37. The van der Waals surface area contributed by atoms with Crippen LogP contribution in [0.1, 0.15) is 28.9 Å². The van der Waals surface area contributed by atoms with E-state index in [0.29, 0.717) is 38.2 Å². The zero-order valence-corrected chi connectivity index (χ0v) is 16.5. The standard InChI is InChI=1S/C23H23FN4O2/c24-19-8-4-5-9-21(19)28-15-12-20(26-28)23(30)27-13-10-18(11-14-27)22(29)25-16-17-6-2-1-3-7-17/h1-9,12,15,18H,10-11,13-14,16H2,(H,25,29). The van der Waals surface area contributed by atoms with Gasteiger partial charge in [0.2, 0.25) is 5.91 Å². The van der Waals surface area contributed by atoms with Crippen LogP contribution in [0.5, 0.6) is 0 Å². The summed E-state index contributed by atoms with van der Waals surface area (Å²) in [5.74, 6) is -0.682. The predicted octanol–water partition coefficient (Wildman–Crippen LogP) is 3.18. The quantitative estimate of drug-likeness (QED) is 0.708. The van der Waals surface area contributed by atoms with Crippen molar-refractivity contribution in [1.82, 2.24) is 20.0 Å². The summed E-state index contributed by atoms with van der Waals surface area (Å²) in [6.07, 6.45) is 2.80. The molecule has 2 amide bonds. The molecule has 0 saturated carbocycles. The summed E-state index contributed by atoms with van der Waals surface area (Å²) in [5, 5.41) is 7.22. The van der Waals surface area contributed by atoms with Crippen molar-refractivity contribution in [2.75, 3.05) is 13.1 Å². The van der Waals surface area contributed by atoms with Gasteiger partial charge in [-0.1, -0.05) is 42.5 Å². The predicted molar refractivity (Wildman–Crippen MR) is 110 cm³/mol. The summed E-state index contributed by atoms with van der Waals surface area (Å²) >= 11 is 0. The molecule has 0 bridgehead atoms. The van der Waals surface area contributed by atoms with Crippen LogP contribution in [0.4, 0.5) is 4.39 Å². The van der Waals surface area contributed by atoms with Crippen molar-refractivity contribution >= 4 is 11.8 Å².